The average molecular weight is 436 g/mol. The predicted molar refractivity (Wildman–Crippen MR) is 105 cm³/mol. The molecule has 26 heavy (non-hydrogen) atoms. The molecule has 0 aliphatic carbocycles. The first-order chi connectivity index (χ1) is 12.3. The zero-order chi connectivity index (χ0) is 18.9. The van der Waals surface area contributed by atoms with Crippen LogP contribution in [0.1, 0.15) is 11.1 Å². The van der Waals surface area contributed by atoms with Crippen LogP contribution in [0.5, 0.6) is 0 Å². The summed E-state index contributed by atoms with van der Waals surface area (Å²) in [6.07, 6.45) is 1.34. The minimum Gasteiger partial charge on any atom is -0.367 e. The number of benzene rings is 2. The number of nitrogens with one attached hydrogen (secondary N) is 2. The molecule has 2 atom stereocenters. The summed E-state index contributed by atoms with van der Waals surface area (Å²) in [6, 6.07) is 11.1. The lowest BCUT2D eigenvalue weighted by Gasteiger charge is -2.32. The molecule has 6 nitrogen and oxygen atoms in total. The molecule has 0 spiro atoms. The molecule has 4 N–H and O–H groups in total. The normalized spacial score (nSPS) is 21.3. The molecule has 0 saturated carbocycles. The van der Waals surface area contributed by atoms with E-state index in [0.29, 0.717) is 16.3 Å². The number of aliphatic imine (C=N–C) groups is 1. The van der Waals surface area contributed by atoms with Crippen molar-refractivity contribution in [1.82, 2.24) is 5.32 Å². The van der Waals surface area contributed by atoms with Crippen LogP contribution in [0.3, 0.4) is 0 Å². The van der Waals surface area contributed by atoms with Crippen molar-refractivity contribution in [2.24, 2.45) is 10.7 Å². The van der Waals surface area contributed by atoms with Crippen LogP contribution in [0.4, 0.5) is 5.69 Å². The summed E-state index contributed by atoms with van der Waals surface area (Å²) in [7, 11) is 0. The van der Waals surface area contributed by atoms with E-state index in [2.05, 4.69) is 31.6 Å². The highest BCUT2D eigenvalue weighted by Gasteiger charge is 2.52. The smallest absolute Gasteiger partial charge is 0.252 e. The number of rotatable bonds is 4. The number of carbonyl (C=O) groups excluding carboxylic acids is 2. The molecular weight excluding hydrogens is 420 g/mol. The van der Waals surface area contributed by atoms with E-state index in [0.717, 1.165) is 10.0 Å². The van der Waals surface area contributed by atoms with Gasteiger partial charge in [-0.1, -0.05) is 39.7 Å². The zero-order valence-corrected chi connectivity index (χ0v) is 16.1. The average Bonchev–Trinajstić information content (AvgIpc) is 3.03. The van der Waals surface area contributed by atoms with Gasteiger partial charge in [-0.2, -0.15) is 0 Å². The number of amides is 2. The number of hydrogen-bond donors (Lipinski definition) is 3. The molecule has 3 rings (SSSR count). The van der Waals surface area contributed by atoms with Crippen molar-refractivity contribution >= 4 is 51.4 Å². The van der Waals surface area contributed by atoms with E-state index in [1.165, 1.54) is 6.34 Å². The summed E-state index contributed by atoms with van der Waals surface area (Å²) in [5.41, 5.74) is 6.16. The number of carbonyl (C=O) groups is 2. The van der Waals surface area contributed by atoms with Crippen LogP contribution in [0.25, 0.3) is 0 Å². The fourth-order valence-corrected chi connectivity index (χ4v) is 3.58. The van der Waals surface area contributed by atoms with Gasteiger partial charge in [-0.25, -0.2) is 0 Å². The fraction of sp³-hybridized carbons (Fsp3) is 0.167. The van der Waals surface area contributed by atoms with Gasteiger partial charge in [0.1, 0.15) is 0 Å². The quantitative estimate of drug-likeness (QED) is 0.689. The molecule has 0 saturated heterocycles. The Kier molecular flexibility index (Phi) is 5.02. The molecule has 134 valence electrons. The Bertz CT molecular complexity index is 918. The Balaban J connectivity index is 2.02. The molecule has 1 heterocycles. The predicted octanol–water partition coefficient (Wildman–Crippen LogP) is 2.73. The van der Waals surface area contributed by atoms with Crippen LogP contribution in [0.2, 0.25) is 5.02 Å². The van der Waals surface area contributed by atoms with E-state index in [1.54, 1.807) is 30.3 Å². The van der Waals surface area contributed by atoms with Crippen LogP contribution in [-0.4, -0.2) is 24.2 Å². The van der Waals surface area contributed by atoms with Crippen LogP contribution in [0, 0.1) is 6.92 Å². The van der Waals surface area contributed by atoms with E-state index in [-0.39, 0.29) is 0 Å². The Morgan fingerprint density at radius 2 is 2.08 bits per heavy atom. The Morgan fingerprint density at radius 3 is 2.77 bits per heavy atom. The van der Waals surface area contributed by atoms with Crippen molar-refractivity contribution in [3.05, 3.63) is 63.1 Å². The standard InChI is InChI=1S/C18H16BrClN4O2/c1-10-5-6-11(19)7-14(10)18(17(21)26)15(22-9-23-18)16(25)24-13-4-2-3-12(20)8-13/h2-9,15H,1H3,(H2,21,26)(H,22,23)(H,24,25). The second kappa shape index (κ2) is 7.09. The van der Waals surface area contributed by atoms with Gasteiger partial charge in [0.2, 0.25) is 0 Å². The van der Waals surface area contributed by atoms with E-state index < -0.39 is 23.4 Å². The van der Waals surface area contributed by atoms with Gasteiger partial charge in [0.25, 0.3) is 11.8 Å². The second-order valence-corrected chi connectivity index (χ2v) is 7.31. The van der Waals surface area contributed by atoms with Crippen molar-refractivity contribution in [3.63, 3.8) is 0 Å². The van der Waals surface area contributed by atoms with Crippen molar-refractivity contribution < 1.29 is 9.59 Å². The van der Waals surface area contributed by atoms with Gasteiger partial charge in [0, 0.05) is 15.2 Å². The van der Waals surface area contributed by atoms with Gasteiger partial charge in [-0.3, -0.25) is 14.6 Å². The maximum absolute atomic E-state index is 12.9. The molecule has 1 aliphatic rings. The van der Waals surface area contributed by atoms with Crippen LogP contribution >= 0.6 is 27.5 Å². The molecule has 1 aliphatic heterocycles. The van der Waals surface area contributed by atoms with Crippen molar-refractivity contribution in [2.45, 2.75) is 18.5 Å². The number of anilines is 1. The monoisotopic (exact) mass is 434 g/mol. The number of nitrogens with zero attached hydrogens (tertiary/aromatic N) is 1. The first kappa shape index (κ1) is 18.4. The topological polar surface area (TPSA) is 96.6 Å². The summed E-state index contributed by atoms with van der Waals surface area (Å²) in [5.74, 6) is -1.16. The van der Waals surface area contributed by atoms with Gasteiger partial charge in [0.15, 0.2) is 11.6 Å². The van der Waals surface area contributed by atoms with Gasteiger partial charge in [-0.15, -0.1) is 0 Å². The molecular formula is C18H16BrClN4O2. The first-order valence-electron chi connectivity index (χ1n) is 7.77. The van der Waals surface area contributed by atoms with E-state index in [1.807, 2.05) is 19.1 Å². The minimum atomic E-state index is -1.48. The number of nitrogens with two attached hydrogens (primary N) is 1. The maximum atomic E-state index is 12.9. The number of primary amides is 1. The van der Waals surface area contributed by atoms with Crippen LogP contribution in [-0.2, 0) is 15.1 Å². The van der Waals surface area contributed by atoms with Crippen molar-refractivity contribution in [2.75, 3.05) is 5.32 Å². The first-order valence-corrected chi connectivity index (χ1v) is 8.94. The summed E-state index contributed by atoms with van der Waals surface area (Å²) in [6.45, 7) is 1.85. The SMILES string of the molecule is Cc1ccc(Br)cc1C1(C(N)=O)NC=NC1C(=O)Nc1cccc(Cl)c1. The van der Waals surface area contributed by atoms with Gasteiger partial charge in [0.05, 0.1) is 6.34 Å². The molecule has 2 aromatic carbocycles. The van der Waals surface area contributed by atoms with E-state index in [9.17, 15) is 9.59 Å². The number of aryl methyl sites for hydroxylation is 1. The largest absolute Gasteiger partial charge is 0.367 e. The van der Waals surface area contributed by atoms with Crippen molar-refractivity contribution in [1.29, 1.82) is 0 Å². The highest BCUT2D eigenvalue weighted by Crippen LogP contribution is 2.34. The van der Waals surface area contributed by atoms with E-state index in [4.69, 9.17) is 17.3 Å². The lowest BCUT2D eigenvalue weighted by molar-refractivity contribution is -0.129. The third-order valence-corrected chi connectivity index (χ3v) is 5.01. The maximum Gasteiger partial charge on any atom is 0.252 e. The summed E-state index contributed by atoms with van der Waals surface area (Å²) in [5, 5.41) is 6.14. The summed E-state index contributed by atoms with van der Waals surface area (Å²) in [4.78, 5) is 29.5. The summed E-state index contributed by atoms with van der Waals surface area (Å²) >= 11 is 9.36. The van der Waals surface area contributed by atoms with E-state index >= 15 is 0 Å². The van der Waals surface area contributed by atoms with Crippen LogP contribution in [0.15, 0.2) is 51.9 Å². The lowest BCUT2D eigenvalue weighted by atomic mass is 9.80. The highest BCUT2D eigenvalue weighted by molar-refractivity contribution is 9.10. The molecule has 2 aromatic rings. The number of hydrogen-bond acceptors (Lipinski definition) is 4. The molecule has 8 heteroatoms. The Hall–Kier alpha value is -2.38. The Labute approximate surface area is 164 Å². The lowest BCUT2D eigenvalue weighted by Crippen LogP contribution is -2.59. The number of halogens is 2. The van der Waals surface area contributed by atoms with Crippen molar-refractivity contribution in [3.8, 4) is 0 Å². The highest BCUT2D eigenvalue weighted by atomic mass is 79.9. The summed E-state index contributed by atoms with van der Waals surface area (Å²) < 4.78 is 0.765. The second-order valence-electron chi connectivity index (χ2n) is 5.96. The fourth-order valence-electron chi connectivity index (χ4n) is 3.03. The molecule has 2 amide bonds. The third kappa shape index (κ3) is 3.20. The van der Waals surface area contributed by atoms with Gasteiger partial charge >= 0.3 is 0 Å². The van der Waals surface area contributed by atoms with Gasteiger partial charge in [-0.05, 0) is 48.4 Å². The molecule has 0 fully saturated rings. The molecule has 0 radical (unpaired) electrons. The third-order valence-electron chi connectivity index (χ3n) is 4.28. The van der Waals surface area contributed by atoms with Crippen LogP contribution < -0.4 is 16.4 Å². The molecule has 2 unspecified atom stereocenters. The minimum absolute atomic E-state index is 0.466. The Morgan fingerprint density at radius 1 is 1.31 bits per heavy atom. The molecule has 0 bridgehead atoms. The molecule has 0 aromatic heterocycles. The zero-order valence-electron chi connectivity index (χ0n) is 13.8. The van der Waals surface area contributed by atoms with Gasteiger partial charge < -0.3 is 16.4 Å².